The topological polar surface area (TPSA) is 215 Å². The van der Waals surface area contributed by atoms with Crippen molar-refractivity contribution in [2.75, 3.05) is 171 Å². The molecule has 4 aromatic rings. The number of nitrogens with zero attached hydrogens (tertiary/aromatic N) is 1. The molecule has 0 bridgehead atoms. The van der Waals surface area contributed by atoms with Crippen molar-refractivity contribution in [3.63, 3.8) is 0 Å². The molecule has 0 heterocycles. The van der Waals surface area contributed by atoms with Crippen LogP contribution in [0.1, 0.15) is 51.8 Å². The lowest BCUT2D eigenvalue weighted by Crippen LogP contribution is -2.37. The van der Waals surface area contributed by atoms with Crippen LogP contribution in [0.5, 0.6) is 0 Å². The van der Waals surface area contributed by atoms with E-state index in [4.69, 9.17) is 62.6 Å². The highest BCUT2D eigenvalue weighted by atomic mass is 16.6. The molecule has 0 saturated heterocycles. The second kappa shape index (κ2) is 37.8. The van der Waals surface area contributed by atoms with Gasteiger partial charge in [-0.25, -0.2) is 9.59 Å². The lowest BCUT2D eigenvalue weighted by atomic mass is 9.92. The third-order valence-corrected chi connectivity index (χ3v) is 12.4. The lowest BCUT2D eigenvalue weighted by molar-refractivity contribution is -0.134. The third-order valence-electron chi connectivity index (χ3n) is 12.4. The van der Waals surface area contributed by atoms with Crippen molar-refractivity contribution in [2.24, 2.45) is 5.73 Å². The summed E-state index contributed by atoms with van der Waals surface area (Å²) in [5.74, 6) is 6.39. The van der Waals surface area contributed by atoms with Crippen LogP contribution in [0, 0.1) is 11.8 Å². The quantitative estimate of drug-likeness (QED) is 0.0380. The molecule has 0 aliphatic heterocycles. The summed E-state index contributed by atoms with van der Waals surface area (Å²) in [4.78, 5) is 40.1. The number of nitrogens with two attached hydrogens (primary N) is 1. The van der Waals surface area contributed by atoms with E-state index in [1.165, 1.54) is 22.3 Å². The Morgan fingerprint density at radius 3 is 1.45 bits per heavy atom. The normalized spacial score (nSPS) is 13.2. The average molecular weight is 1080 g/mol. The van der Waals surface area contributed by atoms with Crippen molar-refractivity contribution in [3.05, 3.63) is 130 Å². The van der Waals surface area contributed by atoms with Crippen LogP contribution in [0.2, 0.25) is 0 Å². The minimum atomic E-state index is -0.525. The van der Waals surface area contributed by atoms with Gasteiger partial charge in [-0.3, -0.25) is 4.79 Å². The second-order valence-corrected chi connectivity index (χ2v) is 17.8. The summed E-state index contributed by atoms with van der Waals surface area (Å²) in [6, 6.07) is 32.1. The van der Waals surface area contributed by atoms with Gasteiger partial charge in [0.05, 0.1) is 139 Å². The van der Waals surface area contributed by atoms with E-state index in [9.17, 15) is 14.4 Å². The fourth-order valence-corrected chi connectivity index (χ4v) is 8.49. The molecule has 78 heavy (non-hydrogen) atoms. The predicted octanol–water partition coefficient (Wildman–Crippen LogP) is 5.29. The number of hydrogen-bond donors (Lipinski definition) is 3. The van der Waals surface area contributed by atoms with Gasteiger partial charge >= 0.3 is 12.2 Å². The van der Waals surface area contributed by atoms with Crippen LogP contribution >= 0.6 is 0 Å². The first kappa shape index (κ1) is 61.2. The van der Waals surface area contributed by atoms with Crippen molar-refractivity contribution in [1.82, 2.24) is 15.5 Å². The van der Waals surface area contributed by atoms with Crippen LogP contribution in [0.25, 0.3) is 11.1 Å². The highest BCUT2D eigenvalue weighted by Gasteiger charge is 2.29. The smallest absolute Gasteiger partial charge is 0.407 e. The van der Waals surface area contributed by atoms with Gasteiger partial charge in [0.2, 0.25) is 5.91 Å². The maximum Gasteiger partial charge on any atom is 0.407 e. The van der Waals surface area contributed by atoms with Crippen LogP contribution in [0.3, 0.4) is 0 Å². The first-order valence-electron chi connectivity index (χ1n) is 27.0. The number of rotatable bonds is 41. The molecule has 4 aromatic carbocycles. The molecule has 2 aliphatic carbocycles. The average Bonchev–Trinajstić information content (AvgIpc) is 3.88. The van der Waals surface area contributed by atoms with E-state index < -0.39 is 18.3 Å². The number of benzene rings is 4. The van der Waals surface area contributed by atoms with Crippen LogP contribution < -0.4 is 16.4 Å². The van der Waals surface area contributed by atoms with Gasteiger partial charge in [0.1, 0.15) is 12.7 Å². The Kier molecular flexibility index (Phi) is 29.6. The standard InChI is InChI=1S/C59H78N4O15/c60-20-26-68-32-38-74-41-35-71-29-23-63(24-30-72-36-42-75-39-34-70-28-22-62-59(66)78-56-45-49-11-2-1-9-47(49)17-18-48-10-3-4-12-50(48)56)57(64)19-25-67-31-37-73-43-44-76-40-33-69-27-21-61-58(65)77-46-55-53-15-7-5-13-51(53)52-14-6-8-16-54(52)55/h1-16,55-56H,19-46,60H2,(H,61,65)(H,62,66). The minimum Gasteiger partial charge on any atom is -0.449 e. The lowest BCUT2D eigenvalue weighted by Gasteiger charge is -2.23. The van der Waals surface area contributed by atoms with E-state index in [0.717, 1.165) is 22.3 Å². The molecule has 0 saturated carbocycles. The number of carbonyl (C=O) groups excluding carboxylic acids is 3. The fraction of sp³-hybridized carbons (Fsp3) is 0.508. The molecular formula is C59H78N4O15. The van der Waals surface area contributed by atoms with Gasteiger partial charge in [-0.05, 0) is 39.9 Å². The Morgan fingerprint density at radius 1 is 0.474 bits per heavy atom. The molecule has 4 N–H and O–H groups in total. The molecule has 424 valence electrons. The highest BCUT2D eigenvalue weighted by molar-refractivity contribution is 5.79. The largest absolute Gasteiger partial charge is 0.449 e. The van der Waals surface area contributed by atoms with Crippen LogP contribution in [-0.2, 0) is 68.1 Å². The second-order valence-electron chi connectivity index (χ2n) is 17.8. The maximum atomic E-state index is 13.2. The number of fused-ring (bicyclic) bond motifs is 5. The van der Waals surface area contributed by atoms with Gasteiger partial charge in [0.15, 0.2) is 0 Å². The van der Waals surface area contributed by atoms with Gasteiger partial charge in [-0.15, -0.1) is 0 Å². The summed E-state index contributed by atoms with van der Waals surface area (Å²) in [6.07, 6.45) is -0.773. The summed E-state index contributed by atoms with van der Waals surface area (Å²) in [5.41, 5.74) is 13.8. The summed E-state index contributed by atoms with van der Waals surface area (Å²) >= 11 is 0. The maximum absolute atomic E-state index is 13.2. The Morgan fingerprint density at radius 2 is 0.897 bits per heavy atom. The van der Waals surface area contributed by atoms with Crippen LogP contribution in [0.15, 0.2) is 97.1 Å². The van der Waals surface area contributed by atoms with Gasteiger partial charge in [0, 0.05) is 61.8 Å². The molecule has 1 unspecified atom stereocenters. The molecular weight excluding hydrogens is 1000 g/mol. The molecule has 0 spiro atoms. The molecule has 6 rings (SSSR count). The van der Waals surface area contributed by atoms with Gasteiger partial charge < -0.3 is 78.1 Å². The number of nitrogens with one attached hydrogen (secondary N) is 2. The summed E-state index contributed by atoms with van der Waals surface area (Å²) in [5, 5.41) is 5.52. The van der Waals surface area contributed by atoms with Crippen molar-refractivity contribution in [3.8, 4) is 23.0 Å². The molecule has 3 amide bonds. The molecule has 0 radical (unpaired) electrons. The van der Waals surface area contributed by atoms with Gasteiger partial charge in [-0.1, -0.05) is 96.8 Å². The molecule has 19 nitrogen and oxygen atoms in total. The zero-order valence-corrected chi connectivity index (χ0v) is 44.8. The van der Waals surface area contributed by atoms with Gasteiger partial charge in [0.25, 0.3) is 0 Å². The van der Waals surface area contributed by atoms with E-state index in [0.29, 0.717) is 158 Å². The zero-order valence-electron chi connectivity index (χ0n) is 44.8. The molecule has 2 aliphatic rings. The van der Waals surface area contributed by atoms with Gasteiger partial charge in [-0.2, -0.15) is 0 Å². The van der Waals surface area contributed by atoms with Crippen molar-refractivity contribution in [1.29, 1.82) is 0 Å². The monoisotopic (exact) mass is 1080 g/mol. The number of carbonyl (C=O) groups is 3. The van der Waals surface area contributed by atoms with E-state index in [1.54, 1.807) is 4.90 Å². The Hall–Kier alpha value is -5.99. The third kappa shape index (κ3) is 22.8. The van der Waals surface area contributed by atoms with E-state index in [2.05, 4.69) is 46.7 Å². The number of hydrogen-bond acceptors (Lipinski definition) is 16. The zero-order chi connectivity index (χ0) is 54.5. The number of ether oxygens (including phenoxy) is 12. The van der Waals surface area contributed by atoms with Crippen molar-refractivity contribution in [2.45, 2.75) is 24.9 Å². The Balaban J connectivity index is 0.737. The summed E-state index contributed by atoms with van der Waals surface area (Å²) in [7, 11) is 0. The van der Waals surface area contributed by atoms with E-state index in [-0.39, 0.29) is 38.0 Å². The minimum absolute atomic E-state index is 0.00781. The highest BCUT2D eigenvalue weighted by Crippen LogP contribution is 2.44. The fourth-order valence-electron chi connectivity index (χ4n) is 8.49. The first-order chi connectivity index (χ1) is 38.5. The summed E-state index contributed by atoms with van der Waals surface area (Å²) in [6.45, 7) is 9.38. The molecule has 0 aromatic heterocycles. The molecule has 0 fully saturated rings. The van der Waals surface area contributed by atoms with E-state index >= 15 is 0 Å². The Bertz CT molecular complexity index is 2370. The summed E-state index contributed by atoms with van der Waals surface area (Å²) < 4.78 is 67.5. The van der Waals surface area contributed by atoms with Crippen molar-refractivity contribution >= 4 is 18.1 Å². The predicted molar refractivity (Wildman–Crippen MR) is 291 cm³/mol. The van der Waals surface area contributed by atoms with Crippen LogP contribution in [0.4, 0.5) is 9.59 Å². The van der Waals surface area contributed by atoms with E-state index in [1.807, 2.05) is 72.8 Å². The molecule has 1 atom stereocenters. The van der Waals surface area contributed by atoms with Crippen molar-refractivity contribution < 1.29 is 71.2 Å². The molecule has 19 heteroatoms. The van der Waals surface area contributed by atoms with Crippen LogP contribution in [-0.4, -0.2) is 194 Å². The number of alkyl carbamates (subject to hydrolysis) is 2. The Labute approximate surface area is 458 Å². The number of amides is 3. The first-order valence-corrected chi connectivity index (χ1v) is 27.0. The SMILES string of the molecule is NCCOCCOCCOCCN(CCOCCOCCOCCNC(=O)OC1Cc2ccccc2C#Cc2ccccc21)C(=O)CCOCCOCCOCCOCCNC(=O)OCC1c2ccccc2-c2ccccc21.